The molecule has 0 aliphatic heterocycles. The molecule has 6 nitrogen and oxygen atoms in total. The molecule has 108 valence electrons. The third-order valence-corrected chi connectivity index (χ3v) is 3.66. The Bertz CT molecular complexity index is 754. The lowest BCUT2D eigenvalue weighted by Crippen LogP contribution is -2.14. The molecule has 1 aromatic carbocycles. The Morgan fingerprint density at radius 1 is 1.05 bits per heavy atom. The minimum atomic E-state index is 0.667. The highest BCUT2D eigenvalue weighted by atomic mass is 15.4. The summed E-state index contributed by atoms with van der Waals surface area (Å²) in [5.74, 6) is 0.667. The maximum absolute atomic E-state index is 4.45. The summed E-state index contributed by atoms with van der Waals surface area (Å²) in [5, 5.41) is 11.5. The Kier molecular flexibility index (Phi) is 3.51. The van der Waals surface area contributed by atoms with E-state index in [9.17, 15) is 0 Å². The second-order valence-corrected chi connectivity index (χ2v) is 5.07. The second-order valence-electron chi connectivity index (χ2n) is 5.07. The number of hydrogen-bond donors (Lipinski definition) is 1. The molecule has 0 saturated carbocycles. The summed E-state index contributed by atoms with van der Waals surface area (Å²) < 4.78 is 1.89. The van der Waals surface area contributed by atoms with Crippen molar-refractivity contribution in [1.82, 2.24) is 25.0 Å². The summed E-state index contributed by atoms with van der Waals surface area (Å²) in [5.41, 5.74) is 5.11. The largest absolute Gasteiger partial charge is 0.352 e. The van der Waals surface area contributed by atoms with Gasteiger partial charge in [-0.2, -0.15) is 0 Å². The average Bonchev–Trinajstić information content (AvgIpc) is 2.88. The molecule has 1 N–H and O–H groups in total. The van der Waals surface area contributed by atoms with Gasteiger partial charge in [0, 0.05) is 17.9 Å². The first-order valence-electron chi connectivity index (χ1n) is 6.99. The second kappa shape index (κ2) is 5.47. The van der Waals surface area contributed by atoms with Crippen molar-refractivity contribution in [1.29, 1.82) is 0 Å². The van der Waals surface area contributed by atoms with E-state index in [4.69, 9.17) is 0 Å². The van der Waals surface area contributed by atoms with Gasteiger partial charge < -0.3 is 5.32 Å². The van der Waals surface area contributed by atoms with Gasteiger partial charge in [-0.1, -0.05) is 17.3 Å². The number of aryl methyl sites for hydroxylation is 2. The molecule has 0 saturated heterocycles. The molecule has 6 heteroatoms. The van der Waals surface area contributed by atoms with Gasteiger partial charge in [-0.15, -0.1) is 5.10 Å². The van der Waals surface area contributed by atoms with E-state index in [1.807, 2.05) is 49.7 Å². The van der Waals surface area contributed by atoms with E-state index >= 15 is 0 Å². The van der Waals surface area contributed by atoms with Crippen molar-refractivity contribution in [2.24, 2.45) is 0 Å². The van der Waals surface area contributed by atoms with E-state index in [-0.39, 0.29) is 0 Å². The zero-order valence-corrected chi connectivity index (χ0v) is 12.5. The zero-order chi connectivity index (χ0) is 14.8. The van der Waals surface area contributed by atoms with Crippen molar-refractivity contribution in [2.45, 2.75) is 27.3 Å². The molecule has 0 atom stereocenters. The quantitative estimate of drug-likeness (QED) is 0.795. The van der Waals surface area contributed by atoms with E-state index in [0.717, 1.165) is 34.5 Å². The number of hydrogen-bond acceptors (Lipinski definition) is 5. The number of rotatable bonds is 4. The number of aromatic nitrogens is 5. The summed E-state index contributed by atoms with van der Waals surface area (Å²) in [6, 6.07) is 7.94. The molecule has 0 spiro atoms. The van der Waals surface area contributed by atoms with Crippen LogP contribution in [0.2, 0.25) is 0 Å². The minimum Gasteiger partial charge on any atom is -0.352 e. The first-order valence-corrected chi connectivity index (χ1v) is 6.99. The van der Waals surface area contributed by atoms with Crippen molar-refractivity contribution in [3.05, 3.63) is 41.2 Å². The fourth-order valence-corrected chi connectivity index (χ4v) is 2.21. The molecule has 3 aromatic rings. The number of benzene rings is 1. The number of fused-ring (bicyclic) bond motifs is 1. The van der Waals surface area contributed by atoms with E-state index in [1.54, 1.807) is 0 Å². The smallest absolute Gasteiger partial charge is 0.223 e. The molecule has 0 aliphatic carbocycles. The summed E-state index contributed by atoms with van der Waals surface area (Å²) in [6.45, 7) is 7.46. The van der Waals surface area contributed by atoms with Gasteiger partial charge in [0.25, 0.3) is 0 Å². The molecule has 0 fully saturated rings. The minimum absolute atomic E-state index is 0.667. The van der Waals surface area contributed by atoms with E-state index in [1.165, 1.54) is 0 Å². The lowest BCUT2D eigenvalue weighted by molar-refractivity contribution is 0.625. The molecule has 3 rings (SSSR count). The molecule has 0 radical (unpaired) electrons. The molecule has 21 heavy (non-hydrogen) atoms. The van der Waals surface area contributed by atoms with Gasteiger partial charge in [-0.25, -0.2) is 14.6 Å². The molecular formula is C15H18N6. The van der Waals surface area contributed by atoms with Crippen molar-refractivity contribution < 1.29 is 0 Å². The van der Waals surface area contributed by atoms with Crippen LogP contribution in [0.3, 0.4) is 0 Å². The Balaban J connectivity index is 1.69. The van der Waals surface area contributed by atoms with Crippen LogP contribution >= 0.6 is 0 Å². The first-order chi connectivity index (χ1) is 10.1. The van der Waals surface area contributed by atoms with Crippen LogP contribution in [-0.2, 0) is 6.54 Å². The van der Waals surface area contributed by atoms with Crippen molar-refractivity contribution >= 4 is 17.0 Å². The fourth-order valence-electron chi connectivity index (χ4n) is 2.21. The number of nitrogens with one attached hydrogen (secondary N) is 1. The van der Waals surface area contributed by atoms with Crippen LogP contribution in [0.15, 0.2) is 24.3 Å². The lowest BCUT2D eigenvalue weighted by Gasteiger charge is -2.09. The summed E-state index contributed by atoms with van der Waals surface area (Å²) in [6.07, 6.45) is 0. The predicted molar refractivity (Wildman–Crippen MR) is 82.3 cm³/mol. The summed E-state index contributed by atoms with van der Waals surface area (Å²) in [4.78, 5) is 8.89. The van der Waals surface area contributed by atoms with Gasteiger partial charge in [0.1, 0.15) is 5.52 Å². The van der Waals surface area contributed by atoms with Crippen LogP contribution < -0.4 is 5.32 Å². The van der Waals surface area contributed by atoms with Crippen LogP contribution in [0.5, 0.6) is 0 Å². The Labute approximate surface area is 123 Å². The van der Waals surface area contributed by atoms with Crippen LogP contribution in [0.25, 0.3) is 11.0 Å². The van der Waals surface area contributed by atoms with Crippen molar-refractivity contribution in [3.63, 3.8) is 0 Å². The molecule has 2 aromatic heterocycles. The van der Waals surface area contributed by atoms with Gasteiger partial charge in [0.05, 0.1) is 12.1 Å². The highest BCUT2D eigenvalue weighted by molar-refractivity contribution is 5.73. The van der Waals surface area contributed by atoms with Gasteiger partial charge in [-0.3, -0.25) is 0 Å². The number of anilines is 1. The van der Waals surface area contributed by atoms with Crippen molar-refractivity contribution in [2.75, 3.05) is 11.9 Å². The first kappa shape index (κ1) is 13.5. The summed E-state index contributed by atoms with van der Waals surface area (Å²) in [7, 11) is 0. The van der Waals surface area contributed by atoms with Crippen LogP contribution in [0, 0.1) is 20.8 Å². The van der Waals surface area contributed by atoms with Crippen LogP contribution in [-0.4, -0.2) is 31.5 Å². The van der Waals surface area contributed by atoms with Gasteiger partial charge in [0.15, 0.2) is 0 Å². The fraction of sp³-hybridized carbons (Fsp3) is 0.333. The Hall–Kier alpha value is -2.50. The summed E-state index contributed by atoms with van der Waals surface area (Å²) >= 11 is 0. The SMILES string of the molecule is Cc1nc(NCCn2nnc3ccccc32)nc(C)c1C. The third kappa shape index (κ3) is 2.69. The van der Waals surface area contributed by atoms with E-state index in [2.05, 4.69) is 25.6 Å². The Morgan fingerprint density at radius 2 is 1.76 bits per heavy atom. The average molecular weight is 282 g/mol. The van der Waals surface area contributed by atoms with E-state index in [0.29, 0.717) is 12.5 Å². The lowest BCUT2D eigenvalue weighted by atomic mass is 10.2. The van der Waals surface area contributed by atoms with Gasteiger partial charge >= 0.3 is 0 Å². The normalized spacial score (nSPS) is 11.0. The number of para-hydroxylation sites is 1. The standard InChI is InChI=1S/C15H18N6/c1-10-11(2)17-15(18-12(10)3)16-8-9-21-14-7-5-4-6-13(14)19-20-21/h4-7H,8-9H2,1-3H3,(H,16,17,18). The van der Waals surface area contributed by atoms with Gasteiger partial charge in [-0.05, 0) is 38.5 Å². The zero-order valence-electron chi connectivity index (χ0n) is 12.5. The molecule has 0 amide bonds. The van der Waals surface area contributed by atoms with Gasteiger partial charge in [0.2, 0.25) is 5.95 Å². The molecule has 0 unspecified atom stereocenters. The highest BCUT2D eigenvalue weighted by Crippen LogP contribution is 2.11. The topological polar surface area (TPSA) is 68.5 Å². The van der Waals surface area contributed by atoms with E-state index < -0.39 is 0 Å². The Morgan fingerprint density at radius 3 is 2.52 bits per heavy atom. The predicted octanol–water partition coefficient (Wildman–Crippen LogP) is 2.26. The maximum Gasteiger partial charge on any atom is 0.223 e. The van der Waals surface area contributed by atoms with Crippen LogP contribution in [0.4, 0.5) is 5.95 Å². The van der Waals surface area contributed by atoms with Crippen LogP contribution in [0.1, 0.15) is 17.0 Å². The third-order valence-electron chi connectivity index (χ3n) is 3.66. The maximum atomic E-state index is 4.45. The molecule has 2 heterocycles. The monoisotopic (exact) mass is 282 g/mol. The number of nitrogens with zero attached hydrogens (tertiary/aromatic N) is 5. The van der Waals surface area contributed by atoms with Crippen molar-refractivity contribution in [3.8, 4) is 0 Å². The highest BCUT2D eigenvalue weighted by Gasteiger charge is 2.05. The molecular weight excluding hydrogens is 264 g/mol. The molecule has 0 bridgehead atoms. The molecule has 0 aliphatic rings.